The Hall–Kier alpha value is -1.26. The van der Waals surface area contributed by atoms with Gasteiger partial charge in [0.1, 0.15) is 0 Å². The smallest absolute Gasteiger partial charge is 0.337 e. The highest BCUT2D eigenvalue weighted by molar-refractivity contribution is 6.33. The molecule has 4 nitrogen and oxygen atoms in total. The number of aliphatic hydroxyl groups excluding tert-OH is 1. The monoisotopic (exact) mass is 243 g/mol. The molecule has 0 saturated heterocycles. The molecule has 0 radical (unpaired) electrons. The lowest BCUT2D eigenvalue weighted by Gasteiger charge is -2.11. The fraction of sp³-hybridized carbons (Fsp3) is 0.364. The van der Waals surface area contributed by atoms with Crippen LogP contribution in [-0.4, -0.2) is 30.8 Å². The van der Waals surface area contributed by atoms with E-state index in [1.807, 2.05) is 0 Å². The van der Waals surface area contributed by atoms with Gasteiger partial charge in [-0.3, -0.25) is 0 Å². The molecule has 0 aliphatic heterocycles. The SMILES string of the molecule is COC(=O)c1ccc(Cl)c(NCC(C)O)c1. The van der Waals surface area contributed by atoms with E-state index in [1.165, 1.54) is 7.11 Å². The van der Waals surface area contributed by atoms with Crippen LogP contribution in [0.15, 0.2) is 18.2 Å². The minimum absolute atomic E-state index is 0.365. The van der Waals surface area contributed by atoms with E-state index in [0.717, 1.165) is 0 Å². The molecule has 5 heteroatoms. The third kappa shape index (κ3) is 3.40. The first kappa shape index (κ1) is 12.8. The van der Waals surface area contributed by atoms with Crippen LogP contribution in [0.3, 0.4) is 0 Å². The molecule has 0 fully saturated rings. The predicted molar refractivity (Wildman–Crippen MR) is 63.0 cm³/mol. The van der Waals surface area contributed by atoms with Crippen molar-refractivity contribution in [2.24, 2.45) is 0 Å². The Balaban J connectivity index is 2.86. The van der Waals surface area contributed by atoms with Crippen molar-refractivity contribution in [2.75, 3.05) is 19.0 Å². The number of hydrogen-bond donors (Lipinski definition) is 2. The van der Waals surface area contributed by atoms with Crippen LogP contribution in [0.4, 0.5) is 5.69 Å². The van der Waals surface area contributed by atoms with E-state index in [2.05, 4.69) is 10.1 Å². The number of ether oxygens (including phenoxy) is 1. The summed E-state index contributed by atoms with van der Waals surface area (Å²) in [6.45, 7) is 2.02. The van der Waals surface area contributed by atoms with Crippen LogP contribution in [0.2, 0.25) is 5.02 Å². The van der Waals surface area contributed by atoms with Crippen LogP contribution in [-0.2, 0) is 4.74 Å². The number of aliphatic hydroxyl groups is 1. The fourth-order valence-electron chi connectivity index (χ4n) is 1.16. The molecule has 2 N–H and O–H groups in total. The van der Waals surface area contributed by atoms with E-state index in [0.29, 0.717) is 22.8 Å². The molecule has 1 unspecified atom stereocenters. The molecule has 1 aromatic rings. The van der Waals surface area contributed by atoms with Gasteiger partial charge < -0.3 is 15.2 Å². The highest BCUT2D eigenvalue weighted by Gasteiger charge is 2.09. The summed E-state index contributed by atoms with van der Waals surface area (Å²) in [7, 11) is 1.32. The summed E-state index contributed by atoms with van der Waals surface area (Å²) in [5.41, 5.74) is 1.02. The van der Waals surface area contributed by atoms with E-state index in [4.69, 9.17) is 16.7 Å². The van der Waals surface area contributed by atoms with Crippen molar-refractivity contribution in [3.63, 3.8) is 0 Å². The van der Waals surface area contributed by atoms with E-state index in [1.54, 1.807) is 25.1 Å². The molecule has 0 spiro atoms. The quantitative estimate of drug-likeness (QED) is 0.794. The number of nitrogens with one attached hydrogen (secondary N) is 1. The molecule has 1 rings (SSSR count). The molecule has 0 aliphatic rings. The van der Waals surface area contributed by atoms with Gasteiger partial charge in [-0.25, -0.2) is 4.79 Å². The van der Waals surface area contributed by atoms with Crippen molar-refractivity contribution in [1.29, 1.82) is 0 Å². The average Bonchev–Trinajstić information content (AvgIpc) is 2.26. The molecule has 0 aliphatic carbocycles. The molecule has 0 bridgehead atoms. The first-order chi connectivity index (χ1) is 7.54. The Morgan fingerprint density at radius 3 is 2.88 bits per heavy atom. The first-order valence-electron chi connectivity index (χ1n) is 4.84. The molecule has 16 heavy (non-hydrogen) atoms. The number of carbonyl (C=O) groups is 1. The largest absolute Gasteiger partial charge is 0.465 e. The van der Waals surface area contributed by atoms with E-state index in [-0.39, 0.29) is 0 Å². The van der Waals surface area contributed by atoms with Crippen molar-refractivity contribution in [2.45, 2.75) is 13.0 Å². The summed E-state index contributed by atoms with van der Waals surface area (Å²) >= 11 is 5.93. The Labute approximate surface area is 99.2 Å². The third-order valence-corrected chi connectivity index (χ3v) is 2.30. The minimum Gasteiger partial charge on any atom is -0.465 e. The number of methoxy groups -OCH3 is 1. The maximum absolute atomic E-state index is 11.3. The highest BCUT2D eigenvalue weighted by atomic mass is 35.5. The lowest BCUT2D eigenvalue weighted by molar-refractivity contribution is 0.0601. The number of esters is 1. The maximum atomic E-state index is 11.3. The Kier molecular flexibility index (Phi) is 4.58. The molecular formula is C11H14ClNO3. The van der Waals surface area contributed by atoms with Crippen LogP contribution >= 0.6 is 11.6 Å². The van der Waals surface area contributed by atoms with Gasteiger partial charge in [0.05, 0.1) is 29.5 Å². The van der Waals surface area contributed by atoms with Crippen molar-refractivity contribution in [1.82, 2.24) is 0 Å². The number of carbonyl (C=O) groups excluding carboxylic acids is 1. The number of benzene rings is 1. The van der Waals surface area contributed by atoms with Gasteiger partial charge in [-0.15, -0.1) is 0 Å². The van der Waals surface area contributed by atoms with E-state index < -0.39 is 12.1 Å². The van der Waals surface area contributed by atoms with Gasteiger partial charge in [-0.05, 0) is 25.1 Å². The summed E-state index contributed by atoms with van der Waals surface area (Å²) in [6, 6.07) is 4.79. The van der Waals surface area contributed by atoms with Crippen molar-refractivity contribution in [3.8, 4) is 0 Å². The lowest BCUT2D eigenvalue weighted by Crippen LogP contribution is -2.15. The average molecular weight is 244 g/mol. The zero-order valence-corrected chi connectivity index (χ0v) is 9.91. The van der Waals surface area contributed by atoms with Crippen LogP contribution in [0.25, 0.3) is 0 Å². The summed E-state index contributed by atoms with van der Waals surface area (Å²) in [6.07, 6.45) is -0.488. The number of anilines is 1. The third-order valence-electron chi connectivity index (χ3n) is 1.98. The van der Waals surface area contributed by atoms with Crippen molar-refractivity contribution >= 4 is 23.3 Å². The summed E-state index contributed by atoms with van der Waals surface area (Å²) in [4.78, 5) is 11.3. The molecule has 88 valence electrons. The van der Waals surface area contributed by atoms with Gasteiger partial charge in [0.15, 0.2) is 0 Å². The van der Waals surface area contributed by atoms with E-state index in [9.17, 15) is 4.79 Å². The number of halogens is 1. The molecule has 0 amide bonds. The van der Waals surface area contributed by atoms with Crippen LogP contribution < -0.4 is 5.32 Å². The van der Waals surface area contributed by atoms with Gasteiger partial charge in [0, 0.05) is 6.54 Å². The van der Waals surface area contributed by atoms with Gasteiger partial charge in [0.2, 0.25) is 0 Å². The lowest BCUT2D eigenvalue weighted by atomic mass is 10.2. The molecule has 0 heterocycles. The first-order valence-corrected chi connectivity index (χ1v) is 5.22. The van der Waals surface area contributed by atoms with Crippen LogP contribution in [0.5, 0.6) is 0 Å². The molecular weight excluding hydrogens is 230 g/mol. The standard InChI is InChI=1S/C11H14ClNO3/c1-7(14)6-13-10-5-8(11(15)16-2)3-4-9(10)12/h3-5,7,13-14H,6H2,1-2H3. The highest BCUT2D eigenvalue weighted by Crippen LogP contribution is 2.23. The van der Waals surface area contributed by atoms with Gasteiger partial charge in [-0.1, -0.05) is 11.6 Å². The zero-order valence-electron chi connectivity index (χ0n) is 9.16. The van der Waals surface area contributed by atoms with Gasteiger partial charge >= 0.3 is 5.97 Å². The number of rotatable bonds is 4. The van der Waals surface area contributed by atoms with E-state index >= 15 is 0 Å². The van der Waals surface area contributed by atoms with Gasteiger partial charge in [-0.2, -0.15) is 0 Å². The zero-order chi connectivity index (χ0) is 12.1. The Morgan fingerprint density at radius 1 is 1.62 bits per heavy atom. The molecule has 1 aromatic carbocycles. The molecule has 0 saturated carbocycles. The maximum Gasteiger partial charge on any atom is 0.337 e. The minimum atomic E-state index is -0.488. The normalized spacial score (nSPS) is 12.0. The van der Waals surface area contributed by atoms with Crippen molar-refractivity contribution in [3.05, 3.63) is 28.8 Å². The topological polar surface area (TPSA) is 58.6 Å². The summed E-state index contributed by atoms with van der Waals surface area (Å²) in [5, 5.41) is 12.6. The van der Waals surface area contributed by atoms with Gasteiger partial charge in [0.25, 0.3) is 0 Å². The summed E-state index contributed by atoms with van der Waals surface area (Å²) in [5.74, 6) is -0.420. The second-order valence-corrected chi connectivity index (χ2v) is 3.82. The van der Waals surface area contributed by atoms with Crippen molar-refractivity contribution < 1.29 is 14.6 Å². The fourth-order valence-corrected chi connectivity index (χ4v) is 1.35. The second kappa shape index (κ2) is 5.72. The summed E-state index contributed by atoms with van der Waals surface area (Å²) < 4.78 is 4.60. The second-order valence-electron chi connectivity index (χ2n) is 3.42. The number of hydrogen-bond acceptors (Lipinski definition) is 4. The predicted octanol–water partition coefficient (Wildman–Crippen LogP) is 1.92. The van der Waals surface area contributed by atoms with Crippen LogP contribution in [0.1, 0.15) is 17.3 Å². The molecule has 0 aromatic heterocycles. The van der Waals surface area contributed by atoms with Crippen LogP contribution in [0, 0.1) is 0 Å². The molecule has 1 atom stereocenters. The Morgan fingerprint density at radius 2 is 2.31 bits per heavy atom. The Bertz CT molecular complexity index is 379.